The highest BCUT2D eigenvalue weighted by Crippen LogP contribution is 2.19. The van der Waals surface area contributed by atoms with Gasteiger partial charge in [-0.2, -0.15) is 0 Å². The lowest BCUT2D eigenvalue weighted by atomic mass is 10.1. The zero-order valence-corrected chi connectivity index (χ0v) is 11.2. The third-order valence-electron chi connectivity index (χ3n) is 3.16. The van der Waals surface area contributed by atoms with Crippen molar-refractivity contribution >= 4 is 0 Å². The Morgan fingerprint density at radius 1 is 1.33 bits per heavy atom. The first-order chi connectivity index (χ1) is 8.70. The molecule has 0 saturated carbocycles. The van der Waals surface area contributed by atoms with Gasteiger partial charge in [0.05, 0.1) is 13.2 Å². The first-order valence-corrected chi connectivity index (χ1v) is 6.17. The van der Waals surface area contributed by atoms with Crippen molar-refractivity contribution in [1.82, 2.24) is 10.6 Å². The molecule has 1 unspecified atom stereocenters. The zero-order valence-electron chi connectivity index (χ0n) is 11.2. The molecule has 2 radical (unpaired) electrons. The average Bonchev–Trinajstić information content (AvgIpc) is 2.38. The van der Waals surface area contributed by atoms with Crippen LogP contribution in [0.1, 0.15) is 18.1 Å². The van der Waals surface area contributed by atoms with Gasteiger partial charge in [0.2, 0.25) is 0 Å². The molecular formula is C15H20N2O. The summed E-state index contributed by atoms with van der Waals surface area (Å²) in [6.45, 7) is 6.96. The molecule has 0 bridgehead atoms. The van der Waals surface area contributed by atoms with Gasteiger partial charge in [0.1, 0.15) is 5.75 Å². The highest BCUT2D eigenvalue weighted by Gasteiger charge is 2.16. The Labute approximate surface area is 109 Å². The van der Waals surface area contributed by atoms with Crippen LogP contribution in [0.25, 0.3) is 0 Å². The van der Waals surface area contributed by atoms with Gasteiger partial charge in [0, 0.05) is 19.1 Å². The van der Waals surface area contributed by atoms with Crippen LogP contribution >= 0.6 is 0 Å². The number of hydrogen-bond donors (Lipinski definition) is 2. The van der Waals surface area contributed by atoms with Crippen molar-refractivity contribution < 1.29 is 4.74 Å². The van der Waals surface area contributed by atoms with Crippen molar-refractivity contribution in [1.29, 1.82) is 0 Å². The lowest BCUT2D eigenvalue weighted by Gasteiger charge is -2.25. The van der Waals surface area contributed by atoms with E-state index in [4.69, 9.17) is 4.74 Å². The van der Waals surface area contributed by atoms with E-state index in [0.717, 1.165) is 12.3 Å². The van der Waals surface area contributed by atoms with Crippen molar-refractivity contribution in [2.24, 2.45) is 0 Å². The monoisotopic (exact) mass is 244 g/mol. The molecule has 1 aromatic rings. The first kappa shape index (κ1) is 13.1. The van der Waals surface area contributed by atoms with Crippen LogP contribution in [0.4, 0.5) is 0 Å². The maximum absolute atomic E-state index is 5.26. The fourth-order valence-corrected chi connectivity index (χ4v) is 2.08. The van der Waals surface area contributed by atoms with Gasteiger partial charge in [0.15, 0.2) is 0 Å². The molecule has 0 saturated heterocycles. The Hall–Kier alpha value is -1.32. The number of hydrogen-bond acceptors (Lipinski definition) is 3. The second-order valence-electron chi connectivity index (χ2n) is 4.54. The van der Waals surface area contributed by atoms with Crippen molar-refractivity contribution in [3.05, 3.63) is 54.1 Å². The minimum atomic E-state index is 0.289. The van der Waals surface area contributed by atoms with E-state index in [1.54, 1.807) is 7.11 Å². The zero-order chi connectivity index (χ0) is 13.0. The van der Waals surface area contributed by atoms with E-state index < -0.39 is 0 Å². The summed E-state index contributed by atoms with van der Waals surface area (Å²) in [5.74, 6) is 0.940. The molecule has 0 amide bonds. The predicted molar refractivity (Wildman–Crippen MR) is 73.9 cm³/mol. The number of methoxy groups -OCH3 is 1. The van der Waals surface area contributed by atoms with Crippen molar-refractivity contribution in [2.75, 3.05) is 7.11 Å². The SMILES string of the molecule is COc1ccc(CNC2C=C[CH]N[C]2C)cc1C. The largest absolute Gasteiger partial charge is 0.496 e. The summed E-state index contributed by atoms with van der Waals surface area (Å²) in [5, 5.41) is 6.73. The van der Waals surface area contributed by atoms with Crippen LogP contribution in [0.3, 0.4) is 0 Å². The molecule has 96 valence electrons. The van der Waals surface area contributed by atoms with Crippen LogP contribution in [0.15, 0.2) is 30.4 Å². The number of aryl methyl sites for hydroxylation is 1. The van der Waals surface area contributed by atoms with E-state index in [1.165, 1.54) is 17.2 Å². The molecule has 0 fully saturated rings. The molecule has 1 heterocycles. The number of ether oxygens (including phenoxy) is 1. The Morgan fingerprint density at radius 3 is 2.83 bits per heavy atom. The summed E-state index contributed by atoms with van der Waals surface area (Å²) in [6.07, 6.45) is 4.19. The van der Waals surface area contributed by atoms with Gasteiger partial charge in [-0.25, -0.2) is 0 Å². The van der Waals surface area contributed by atoms with Crippen LogP contribution in [-0.4, -0.2) is 13.2 Å². The fourth-order valence-electron chi connectivity index (χ4n) is 2.08. The first-order valence-electron chi connectivity index (χ1n) is 6.17. The molecule has 1 aromatic carbocycles. The Morgan fingerprint density at radius 2 is 2.17 bits per heavy atom. The second kappa shape index (κ2) is 6.03. The Bertz CT molecular complexity index is 429. The number of nitrogens with one attached hydrogen (secondary N) is 2. The Balaban J connectivity index is 1.95. The molecule has 1 aliphatic heterocycles. The molecule has 0 aliphatic carbocycles. The van der Waals surface area contributed by atoms with Gasteiger partial charge < -0.3 is 15.4 Å². The van der Waals surface area contributed by atoms with E-state index in [2.05, 4.69) is 42.7 Å². The highest BCUT2D eigenvalue weighted by atomic mass is 16.5. The van der Waals surface area contributed by atoms with Crippen LogP contribution in [0.2, 0.25) is 0 Å². The quantitative estimate of drug-likeness (QED) is 0.853. The summed E-state index contributed by atoms with van der Waals surface area (Å²) in [5.41, 5.74) is 2.44. The van der Waals surface area contributed by atoms with E-state index in [-0.39, 0.29) is 6.04 Å². The van der Waals surface area contributed by atoms with Crippen LogP contribution < -0.4 is 15.4 Å². The summed E-state index contributed by atoms with van der Waals surface area (Å²) >= 11 is 0. The van der Waals surface area contributed by atoms with Gasteiger partial charge in [-0.05, 0) is 31.0 Å². The molecule has 1 aliphatic rings. The van der Waals surface area contributed by atoms with Gasteiger partial charge >= 0.3 is 0 Å². The molecule has 2 N–H and O–H groups in total. The molecule has 3 heteroatoms. The van der Waals surface area contributed by atoms with Crippen molar-refractivity contribution in [3.63, 3.8) is 0 Å². The van der Waals surface area contributed by atoms with Gasteiger partial charge in [-0.15, -0.1) is 0 Å². The lowest BCUT2D eigenvalue weighted by molar-refractivity contribution is 0.411. The van der Waals surface area contributed by atoms with Crippen LogP contribution in [-0.2, 0) is 6.54 Å². The Kier molecular flexibility index (Phi) is 4.39. The van der Waals surface area contributed by atoms with Crippen LogP contribution in [0.5, 0.6) is 5.75 Å². The van der Waals surface area contributed by atoms with E-state index in [9.17, 15) is 0 Å². The number of benzene rings is 1. The summed E-state index contributed by atoms with van der Waals surface area (Å²) in [6, 6.07) is 7.79. The maximum atomic E-state index is 5.26. The van der Waals surface area contributed by atoms with Gasteiger partial charge in [-0.1, -0.05) is 24.3 Å². The van der Waals surface area contributed by atoms with Gasteiger partial charge in [0.25, 0.3) is 0 Å². The minimum absolute atomic E-state index is 0.289. The highest BCUT2D eigenvalue weighted by molar-refractivity contribution is 5.36. The minimum Gasteiger partial charge on any atom is -0.496 e. The lowest BCUT2D eigenvalue weighted by Crippen LogP contribution is -2.39. The van der Waals surface area contributed by atoms with E-state index in [0.29, 0.717) is 0 Å². The third kappa shape index (κ3) is 3.12. The molecule has 0 spiro atoms. The van der Waals surface area contributed by atoms with E-state index >= 15 is 0 Å². The maximum Gasteiger partial charge on any atom is 0.121 e. The molecule has 2 rings (SSSR count). The van der Waals surface area contributed by atoms with E-state index in [1.807, 2.05) is 18.7 Å². The molecule has 0 aromatic heterocycles. The van der Waals surface area contributed by atoms with Gasteiger partial charge in [-0.3, -0.25) is 0 Å². The summed E-state index contributed by atoms with van der Waals surface area (Å²) in [7, 11) is 1.70. The normalized spacial score (nSPS) is 20.1. The fraction of sp³-hybridized carbons (Fsp3) is 0.333. The van der Waals surface area contributed by atoms with Crippen molar-refractivity contribution in [3.8, 4) is 5.75 Å². The second-order valence-corrected chi connectivity index (χ2v) is 4.54. The summed E-state index contributed by atoms with van der Waals surface area (Å²) in [4.78, 5) is 0. The predicted octanol–water partition coefficient (Wildman–Crippen LogP) is 2.33. The molecule has 18 heavy (non-hydrogen) atoms. The summed E-state index contributed by atoms with van der Waals surface area (Å²) < 4.78 is 5.26. The average molecular weight is 244 g/mol. The van der Waals surface area contributed by atoms with Crippen molar-refractivity contribution in [2.45, 2.75) is 26.4 Å². The molecule has 1 atom stereocenters. The third-order valence-corrected chi connectivity index (χ3v) is 3.16. The standard InChI is InChI=1S/C15H20N2O/c1-11-9-13(6-7-15(11)18-3)10-17-14-5-4-8-16-12(14)2/h4-9,14,16-17H,10H2,1-3H3. The number of rotatable bonds is 4. The smallest absolute Gasteiger partial charge is 0.121 e. The molecule has 3 nitrogen and oxygen atoms in total. The van der Waals surface area contributed by atoms with Crippen LogP contribution in [0, 0.1) is 19.5 Å². The molecular weight excluding hydrogens is 224 g/mol. The topological polar surface area (TPSA) is 33.3 Å².